The number of nitrogens with two attached hydrogens (primary N) is 1. The molecule has 0 radical (unpaired) electrons. The van der Waals surface area contributed by atoms with Crippen LogP contribution in [0.5, 0.6) is 5.75 Å². The highest BCUT2D eigenvalue weighted by atomic mass is 16.5. The predicted molar refractivity (Wildman–Crippen MR) is 75.9 cm³/mol. The first-order valence-electron chi connectivity index (χ1n) is 6.84. The zero-order valence-electron chi connectivity index (χ0n) is 11.4. The molecule has 3 N–H and O–H groups in total. The highest BCUT2D eigenvalue weighted by molar-refractivity contribution is 5.41. The van der Waals surface area contributed by atoms with E-state index >= 15 is 0 Å². The molecule has 1 unspecified atom stereocenters. The first-order chi connectivity index (χ1) is 9.11. The fraction of sp³-hybridized carbons (Fsp3) is 0.500. The Balaban J connectivity index is 2.09. The summed E-state index contributed by atoms with van der Waals surface area (Å²) >= 11 is 0. The summed E-state index contributed by atoms with van der Waals surface area (Å²) in [7, 11) is 0. The Morgan fingerprint density at radius 2 is 2.16 bits per heavy atom. The van der Waals surface area contributed by atoms with Crippen LogP contribution >= 0.6 is 0 Å². The SMILES string of the molecule is CC(CN)Oc1cccc(C#CC2(O)CCCC2)c1. The summed E-state index contributed by atoms with van der Waals surface area (Å²) in [6, 6.07) is 7.60. The summed E-state index contributed by atoms with van der Waals surface area (Å²) in [6.07, 6.45) is 3.66. The first kappa shape index (κ1) is 13.9. The second kappa shape index (κ2) is 6.10. The van der Waals surface area contributed by atoms with E-state index in [0.29, 0.717) is 6.54 Å². The maximum absolute atomic E-state index is 10.2. The molecule has 0 saturated heterocycles. The van der Waals surface area contributed by atoms with Gasteiger partial charge in [-0.1, -0.05) is 17.9 Å². The molecule has 19 heavy (non-hydrogen) atoms. The van der Waals surface area contributed by atoms with Crippen molar-refractivity contribution in [2.24, 2.45) is 5.73 Å². The molecule has 102 valence electrons. The van der Waals surface area contributed by atoms with Crippen molar-refractivity contribution in [3.8, 4) is 17.6 Å². The topological polar surface area (TPSA) is 55.5 Å². The molecule has 1 fully saturated rings. The van der Waals surface area contributed by atoms with Gasteiger partial charge in [0.15, 0.2) is 0 Å². The molecule has 1 aromatic rings. The molecule has 2 rings (SSSR count). The number of hydrogen-bond donors (Lipinski definition) is 2. The lowest BCUT2D eigenvalue weighted by Crippen LogP contribution is -2.22. The molecule has 0 aromatic heterocycles. The summed E-state index contributed by atoms with van der Waals surface area (Å²) in [4.78, 5) is 0. The van der Waals surface area contributed by atoms with E-state index in [9.17, 15) is 5.11 Å². The van der Waals surface area contributed by atoms with Gasteiger partial charge in [0, 0.05) is 12.1 Å². The zero-order chi connectivity index (χ0) is 13.7. The lowest BCUT2D eigenvalue weighted by Gasteiger charge is -2.13. The molecule has 0 amide bonds. The van der Waals surface area contributed by atoms with Crippen LogP contribution in [0.1, 0.15) is 38.2 Å². The minimum atomic E-state index is -0.790. The van der Waals surface area contributed by atoms with Gasteiger partial charge in [-0.25, -0.2) is 0 Å². The Kier molecular flexibility index (Phi) is 4.47. The minimum Gasteiger partial charge on any atom is -0.489 e. The summed E-state index contributed by atoms with van der Waals surface area (Å²) in [5.74, 6) is 6.81. The molecule has 0 aliphatic heterocycles. The van der Waals surface area contributed by atoms with Crippen molar-refractivity contribution >= 4 is 0 Å². The van der Waals surface area contributed by atoms with Gasteiger partial charge in [0.1, 0.15) is 17.5 Å². The average Bonchev–Trinajstić information content (AvgIpc) is 2.84. The Morgan fingerprint density at radius 3 is 2.84 bits per heavy atom. The second-order valence-electron chi connectivity index (χ2n) is 5.18. The van der Waals surface area contributed by atoms with E-state index < -0.39 is 5.60 Å². The summed E-state index contributed by atoms with van der Waals surface area (Å²) in [5.41, 5.74) is 5.60. The molecular formula is C16H21NO2. The van der Waals surface area contributed by atoms with E-state index in [-0.39, 0.29) is 6.10 Å². The molecule has 3 heteroatoms. The summed E-state index contributed by atoms with van der Waals surface area (Å²) in [5, 5.41) is 10.2. The Bertz CT molecular complexity index is 481. The van der Waals surface area contributed by atoms with Crippen molar-refractivity contribution in [3.05, 3.63) is 29.8 Å². The van der Waals surface area contributed by atoms with Crippen molar-refractivity contribution in [2.75, 3.05) is 6.54 Å². The third-order valence-corrected chi connectivity index (χ3v) is 3.37. The standard InChI is InChI=1S/C16H21NO2/c1-13(12-17)19-15-6-4-5-14(11-15)7-10-16(18)8-2-3-9-16/h4-6,11,13,18H,2-3,8-9,12,17H2,1H3. The van der Waals surface area contributed by atoms with Crippen LogP contribution in [0.4, 0.5) is 0 Å². The fourth-order valence-corrected chi connectivity index (χ4v) is 2.20. The maximum atomic E-state index is 10.2. The number of aliphatic hydroxyl groups is 1. The van der Waals surface area contributed by atoms with E-state index in [0.717, 1.165) is 37.0 Å². The van der Waals surface area contributed by atoms with Gasteiger partial charge in [-0.2, -0.15) is 0 Å². The Labute approximate surface area is 114 Å². The molecule has 0 heterocycles. The maximum Gasteiger partial charge on any atom is 0.125 e. The molecule has 1 saturated carbocycles. The number of ether oxygens (including phenoxy) is 1. The molecule has 1 aromatic carbocycles. The van der Waals surface area contributed by atoms with Crippen molar-refractivity contribution in [1.29, 1.82) is 0 Å². The van der Waals surface area contributed by atoms with Crippen LogP contribution in [-0.2, 0) is 0 Å². The highest BCUT2D eigenvalue weighted by Gasteiger charge is 2.28. The van der Waals surface area contributed by atoms with Gasteiger partial charge in [0.2, 0.25) is 0 Å². The summed E-state index contributed by atoms with van der Waals surface area (Å²) < 4.78 is 5.65. The molecule has 3 nitrogen and oxygen atoms in total. The van der Waals surface area contributed by atoms with Gasteiger partial charge < -0.3 is 15.6 Å². The van der Waals surface area contributed by atoms with Crippen LogP contribution in [0.3, 0.4) is 0 Å². The largest absolute Gasteiger partial charge is 0.489 e. The van der Waals surface area contributed by atoms with E-state index in [4.69, 9.17) is 10.5 Å². The average molecular weight is 259 g/mol. The first-order valence-corrected chi connectivity index (χ1v) is 6.84. The normalized spacial score (nSPS) is 18.5. The third-order valence-electron chi connectivity index (χ3n) is 3.37. The van der Waals surface area contributed by atoms with Gasteiger partial charge in [-0.15, -0.1) is 0 Å². The Morgan fingerprint density at radius 1 is 1.42 bits per heavy atom. The van der Waals surface area contributed by atoms with Gasteiger partial charge in [0.25, 0.3) is 0 Å². The van der Waals surface area contributed by atoms with Gasteiger partial charge in [-0.05, 0) is 50.8 Å². The molecular weight excluding hydrogens is 238 g/mol. The van der Waals surface area contributed by atoms with Crippen LogP contribution < -0.4 is 10.5 Å². The van der Waals surface area contributed by atoms with Crippen LogP contribution in [0, 0.1) is 11.8 Å². The van der Waals surface area contributed by atoms with Gasteiger partial charge >= 0.3 is 0 Å². The van der Waals surface area contributed by atoms with Crippen LogP contribution in [-0.4, -0.2) is 23.4 Å². The predicted octanol–water partition coefficient (Wildman–Crippen LogP) is 2.07. The van der Waals surface area contributed by atoms with Crippen molar-refractivity contribution in [3.63, 3.8) is 0 Å². The van der Waals surface area contributed by atoms with E-state index in [1.54, 1.807) is 0 Å². The number of hydrogen-bond acceptors (Lipinski definition) is 3. The molecule has 1 aliphatic carbocycles. The van der Waals surface area contributed by atoms with Crippen molar-refractivity contribution in [1.82, 2.24) is 0 Å². The van der Waals surface area contributed by atoms with Crippen LogP contribution in [0.25, 0.3) is 0 Å². The van der Waals surface area contributed by atoms with Gasteiger partial charge in [-0.3, -0.25) is 0 Å². The molecule has 0 bridgehead atoms. The van der Waals surface area contributed by atoms with E-state index in [1.807, 2.05) is 31.2 Å². The molecule has 0 spiro atoms. The molecule has 1 atom stereocenters. The fourth-order valence-electron chi connectivity index (χ4n) is 2.20. The highest BCUT2D eigenvalue weighted by Crippen LogP contribution is 2.28. The van der Waals surface area contributed by atoms with Crippen molar-refractivity contribution < 1.29 is 9.84 Å². The van der Waals surface area contributed by atoms with Gasteiger partial charge in [0.05, 0.1) is 0 Å². The lowest BCUT2D eigenvalue weighted by atomic mass is 10.0. The van der Waals surface area contributed by atoms with E-state index in [1.165, 1.54) is 0 Å². The van der Waals surface area contributed by atoms with Crippen molar-refractivity contribution in [2.45, 2.75) is 44.3 Å². The smallest absolute Gasteiger partial charge is 0.125 e. The number of rotatable bonds is 3. The van der Waals surface area contributed by atoms with E-state index in [2.05, 4.69) is 11.8 Å². The minimum absolute atomic E-state index is 0.0118. The third kappa shape index (κ3) is 3.99. The lowest BCUT2D eigenvalue weighted by molar-refractivity contribution is 0.110. The number of benzene rings is 1. The van der Waals surface area contributed by atoms with Crippen LogP contribution in [0.2, 0.25) is 0 Å². The summed E-state index contributed by atoms with van der Waals surface area (Å²) in [6.45, 7) is 2.41. The molecule has 1 aliphatic rings. The quantitative estimate of drug-likeness (QED) is 0.817. The Hall–Kier alpha value is -1.50. The second-order valence-corrected chi connectivity index (χ2v) is 5.18. The monoisotopic (exact) mass is 259 g/mol. The zero-order valence-corrected chi connectivity index (χ0v) is 11.4. The van der Waals surface area contributed by atoms with Crippen LogP contribution in [0.15, 0.2) is 24.3 Å².